The van der Waals surface area contributed by atoms with Gasteiger partial charge < -0.3 is 15.0 Å². The van der Waals surface area contributed by atoms with Gasteiger partial charge in [-0.05, 0) is 55.4 Å². The lowest BCUT2D eigenvalue weighted by Gasteiger charge is -2.20. The van der Waals surface area contributed by atoms with Crippen molar-refractivity contribution in [1.29, 1.82) is 0 Å². The summed E-state index contributed by atoms with van der Waals surface area (Å²) in [4.78, 5) is 14.4. The largest absolute Gasteiger partial charge is 0.457 e. The molecule has 1 saturated heterocycles. The third-order valence-corrected chi connectivity index (χ3v) is 4.25. The van der Waals surface area contributed by atoms with Crippen molar-refractivity contribution >= 4 is 34.2 Å². The van der Waals surface area contributed by atoms with Crippen LogP contribution < -0.4 is 10.1 Å². The highest BCUT2D eigenvalue weighted by atomic mass is 79.9. The quantitative estimate of drug-likeness (QED) is 0.827. The van der Waals surface area contributed by atoms with Gasteiger partial charge in [-0.15, -0.1) is 12.4 Å². The van der Waals surface area contributed by atoms with Crippen molar-refractivity contribution in [1.82, 2.24) is 10.2 Å². The fourth-order valence-corrected chi connectivity index (χ4v) is 2.94. The normalized spacial score (nSPS) is 14.5. The van der Waals surface area contributed by atoms with E-state index in [1.54, 1.807) is 0 Å². The van der Waals surface area contributed by atoms with Gasteiger partial charge in [0.05, 0.1) is 0 Å². The molecule has 0 aromatic heterocycles. The van der Waals surface area contributed by atoms with Crippen LogP contribution in [-0.4, -0.2) is 37.0 Å². The Morgan fingerprint density at radius 3 is 2.58 bits per heavy atom. The van der Waals surface area contributed by atoms with Gasteiger partial charge >= 0.3 is 0 Å². The average Bonchev–Trinajstić information content (AvgIpc) is 2.84. The standard InChI is InChI=1S/C18H19BrN2O2.ClH/c19-15-3-1-4-17(13-15)23-16-7-5-14(6-8-16)18(22)21-11-2-9-20-10-12-21;/h1,3-8,13,20H,2,9-12H2;1H. The molecule has 6 heteroatoms. The molecule has 0 bridgehead atoms. The molecule has 1 aliphatic heterocycles. The number of carbonyl (C=O) groups is 1. The molecule has 1 N–H and O–H groups in total. The summed E-state index contributed by atoms with van der Waals surface area (Å²) in [5.41, 5.74) is 0.702. The first-order valence-corrected chi connectivity index (χ1v) is 8.55. The SMILES string of the molecule is Cl.O=C(c1ccc(Oc2cccc(Br)c2)cc1)N1CCCNCC1. The summed E-state index contributed by atoms with van der Waals surface area (Å²) >= 11 is 3.42. The van der Waals surface area contributed by atoms with Crippen LogP contribution >= 0.6 is 28.3 Å². The van der Waals surface area contributed by atoms with E-state index in [4.69, 9.17) is 4.74 Å². The molecule has 0 unspecified atom stereocenters. The van der Waals surface area contributed by atoms with E-state index in [1.165, 1.54) is 0 Å². The third-order valence-electron chi connectivity index (χ3n) is 3.76. The Kier molecular flexibility index (Phi) is 7.09. The van der Waals surface area contributed by atoms with Crippen LogP contribution in [0, 0.1) is 0 Å². The summed E-state index contributed by atoms with van der Waals surface area (Å²) in [6.45, 7) is 3.40. The van der Waals surface area contributed by atoms with Crippen molar-refractivity contribution in [3.8, 4) is 11.5 Å². The number of rotatable bonds is 3. The number of benzene rings is 2. The highest BCUT2D eigenvalue weighted by molar-refractivity contribution is 9.10. The van der Waals surface area contributed by atoms with Crippen LogP contribution in [0.4, 0.5) is 0 Å². The Balaban J connectivity index is 0.00000208. The van der Waals surface area contributed by atoms with E-state index in [1.807, 2.05) is 53.4 Å². The van der Waals surface area contributed by atoms with E-state index in [0.29, 0.717) is 5.56 Å². The number of hydrogen-bond donors (Lipinski definition) is 1. The summed E-state index contributed by atoms with van der Waals surface area (Å²) in [6, 6.07) is 15.0. The van der Waals surface area contributed by atoms with Crippen molar-refractivity contribution in [2.45, 2.75) is 6.42 Å². The van der Waals surface area contributed by atoms with Gasteiger partial charge in [-0.2, -0.15) is 0 Å². The first-order chi connectivity index (χ1) is 11.2. The number of ether oxygens (including phenoxy) is 1. The van der Waals surface area contributed by atoms with Crippen molar-refractivity contribution < 1.29 is 9.53 Å². The molecule has 128 valence electrons. The maximum absolute atomic E-state index is 12.5. The number of carbonyl (C=O) groups excluding carboxylic acids is 1. The lowest BCUT2D eigenvalue weighted by molar-refractivity contribution is 0.0766. The first kappa shape index (κ1) is 18.8. The molecule has 0 saturated carbocycles. The minimum Gasteiger partial charge on any atom is -0.457 e. The molecular weight excluding hydrogens is 392 g/mol. The van der Waals surface area contributed by atoms with E-state index < -0.39 is 0 Å². The Hall–Kier alpha value is -1.56. The van der Waals surface area contributed by atoms with Crippen LogP contribution in [0.1, 0.15) is 16.8 Å². The van der Waals surface area contributed by atoms with E-state index >= 15 is 0 Å². The predicted molar refractivity (Wildman–Crippen MR) is 101 cm³/mol. The number of nitrogens with zero attached hydrogens (tertiary/aromatic N) is 1. The Morgan fingerprint density at radius 1 is 1.04 bits per heavy atom. The minimum absolute atomic E-state index is 0. The third kappa shape index (κ3) is 4.97. The summed E-state index contributed by atoms with van der Waals surface area (Å²) in [5, 5.41) is 3.31. The van der Waals surface area contributed by atoms with E-state index in [-0.39, 0.29) is 18.3 Å². The second kappa shape index (κ2) is 9.06. The topological polar surface area (TPSA) is 41.6 Å². The van der Waals surface area contributed by atoms with Gasteiger partial charge in [-0.25, -0.2) is 0 Å². The van der Waals surface area contributed by atoms with Gasteiger partial charge in [-0.3, -0.25) is 4.79 Å². The van der Waals surface area contributed by atoms with Gasteiger partial charge in [0, 0.05) is 29.7 Å². The molecule has 4 nitrogen and oxygen atoms in total. The fourth-order valence-electron chi connectivity index (χ4n) is 2.56. The second-order valence-corrected chi connectivity index (χ2v) is 6.40. The summed E-state index contributed by atoms with van der Waals surface area (Å²) < 4.78 is 6.76. The molecule has 0 aliphatic carbocycles. The molecule has 2 aromatic carbocycles. The predicted octanol–water partition coefficient (Wildman–Crippen LogP) is 4.10. The second-order valence-electron chi connectivity index (χ2n) is 5.48. The molecule has 0 spiro atoms. The molecule has 1 aliphatic rings. The molecular formula is C18H20BrClN2O2. The molecule has 24 heavy (non-hydrogen) atoms. The van der Waals surface area contributed by atoms with E-state index in [0.717, 1.165) is 48.6 Å². The first-order valence-electron chi connectivity index (χ1n) is 7.76. The number of halogens is 2. The van der Waals surface area contributed by atoms with Crippen LogP contribution in [0.15, 0.2) is 53.0 Å². The summed E-state index contributed by atoms with van der Waals surface area (Å²) in [5.74, 6) is 1.57. The Morgan fingerprint density at radius 2 is 1.83 bits per heavy atom. The van der Waals surface area contributed by atoms with E-state index in [2.05, 4.69) is 21.2 Å². The van der Waals surface area contributed by atoms with Crippen LogP contribution in [0.2, 0.25) is 0 Å². The lowest BCUT2D eigenvalue weighted by atomic mass is 10.2. The smallest absolute Gasteiger partial charge is 0.253 e. The maximum Gasteiger partial charge on any atom is 0.253 e. The number of hydrogen-bond acceptors (Lipinski definition) is 3. The summed E-state index contributed by atoms with van der Waals surface area (Å²) in [6.07, 6.45) is 0.996. The van der Waals surface area contributed by atoms with Crippen molar-refractivity contribution in [2.24, 2.45) is 0 Å². The number of amides is 1. The van der Waals surface area contributed by atoms with Crippen molar-refractivity contribution in [2.75, 3.05) is 26.2 Å². The zero-order valence-corrected chi connectivity index (χ0v) is 15.6. The molecule has 0 atom stereocenters. The molecule has 0 radical (unpaired) electrons. The van der Waals surface area contributed by atoms with Gasteiger partial charge in [0.2, 0.25) is 0 Å². The average molecular weight is 412 g/mol. The van der Waals surface area contributed by atoms with Gasteiger partial charge in [0.1, 0.15) is 11.5 Å². The van der Waals surface area contributed by atoms with Crippen LogP contribution in [-0.2, 0) is 0 Å². The zero-order chi connectivity index (χ0) is 16.1. The number of nitrogens with one attached hydrogen (secondary N) is 1. The fraction of sp³-hybridized carbons (Fsp3) is 0.278. The molecule has 1 amide bonds. The van der Waals surface area contributed by atoms with Crippen molar-refractivity contribution in [3.63, 3.8) is 0 Å². The molecule has 3 rings (SSSR count). The lowest BCUT2D eigenvalue weighted by Crippen LogP contribution is -2.34. The van der Waals surface area contributed by atoms with Crippen molar-refractivity contribution in [3.05, 3.63) is 58.6 Å². The minimum atomic E-state index is 0. The maximum atomic E-state index is 12.5. The monoisotopic (exact) mass is 410 g/mol. The Labute approximate surface area is 156 Å². The molecule has 2 aromatic rings. The van der Waals surface area contributed by atoms with Crippen LogP contribution in [0.25, 0.3) is 0 Å². The zero-order valence-electron chi connectivity index (χ0n) is 13.2. The van der Waals surface area contributed by atoms with Gasteiger partial charge in [0.15, 0.2) is 0 Å². The van der Waals surface area contributed by atoms with Gasteiger partial charge in [-0.1, -0.05) is 22.0 Å². The summed E-state index contributed by atoms with van der Waals surface area (Å²) in [7, 11) is 0. The highest BCUT2D eigenvalue weighted by Crippen LogP contribution is 2.24. The highest BCUT2D eigenvalue weighted by Gasteiger charge is 2.16. The molecule has 1 heterocycles. The van der Waals surface area contributed by atoms with Crippen LogP contribution in [0.5, 0.6) is 11.5 Å². The van der Waals surface area contributed by atoms with Crippen LogP contribution in [0.3, 0.4) is 0 Å². The Bertz CT molecular complexity index is 671. The van der Waals surface area contributed by atoms with E-state index in [9.17, 15) is 4.79 Å². The van der Waals surface area contributed by atoms with Gasteiger partial charge in [0.25, 0.3) is 5.91 Å². The molecule has 1 fully saturated rings.